The number of fused-ring (bicyclic) bond motifs is 2. The second kappa shape index (κ2) is 8.13. The van der Waals surface area contributed by atoms with Crippen LogP contribution in [0.4, 0.5) is 5.69 Å². The molecular weight excluding hydrogens is 462 g/mol. The maximum absolute atomic E-state index is 11.8. The first-order valence-corrected chi connectivity index (χ1v) is 13.0. The average molecular weight is 490 g/mol. The number of sulfonamides is 1. The summed E-state index contributed by atoms with van der Waals surface area (Å²) in [6.07, 6.45) is 6.73. The Hall–Kier alpha value is -3.85. The van der Waals surface area contributed by atoms with E-state index in [-0.39, 0.29) is 5.54 Å². The topological polar surface area (TPSA) is 102 Å². The fourth-order valence-corrected chi connectivity index (χ4v) is 4.84. The number of hydrogen-bond donors (Lipinski definition) is 2. The molecule has 3 aromatic heterocycles. The maximum atomic E-state index is 11.8. The van der Waals surface area contributed by atoms with Crippen molar-refractivity contribution in [2.45, 2.75) is 26.3 Å². The van der Waals surface area contributed by atoms with E-state index >= 15 is 0 Å². The van der Waals surface area contributed by atoms with Crippen molar-refractivity contribution in [2.24, 2.45) is 0 Å². The van der Waals surface area contributed by atoms with E-state index in [0.29, 0.717) is 11.4 Å². The van der Waals surface area contributed by atoms with E-state index in [1.807, 2.05) is 24.7 Å². The molecular formula is C26H27N5O3S. The molecule has 0 atom stereocenters. The number of H-pyrrole nitrogens is 1. The highest BCUT2D eigenvalue weighted by Crippen LogP contribution is 2.35. The summed E-state index contributed by atoms with van der Waals surface area (Å²) in [5, 5.41) is 0.970. The molecule has 0 fully saturated rings. The number of pyridine rings is 1. The van der Waals surface area contributed by atoms with Crippen LogP contribution in [0.5, 0.6) is 5.75 Å². The second-order valence-corrected chi connectivity index (χ2v) is 11.3. The molecule has 2 aromatic carbocycles. The minimum atomic E-state index is -3.46. The molecule has 8 nitrogen and oxygen atoms in total. The van der Waals surface area contributed by atoms with Crippen molar-refractivity contribution >= 4 is 37.8 Å². The highest BCUT2D eigenvalue weighted by molar-refractivity contribution is 7.92. The van der Waals surface area contributed by atoms with Crippen LogP contribution in [0.3, 0.4) is 0 Å². The highest BCUT2D eigenvalue weighted by Gasteiger charge is 2.18. The Morgan fingerprint density at radius 1 is 1.00 bits per heavy atom. The van der Waals surface area contributed by atoms with Crippen LogP contribution in [-0.4, -0.2) is 41.3 Å². The van der Waals surface area contributed by atoms with Crippen LogP contribution in [0.15, 0.2) is 61.2 Å². The van der Waals surface area contributed by atoms with Gasteiger partial charge in [-0.15, -0.1) is 0 Å². The molecule has 5 aromatic rings. The molecule has 180 valence electrons. The molecule has 2 N–H and O–H groups in total. The molecule has 0 radical (unpaired) electrons. The molecule has 0 aliphatic carbocycles. The third-order valence-electron chi connectivity index (χ3n) is 5.94. The minimum absolute atomic E-state index is 0.0889. The van der Waals surface area contributed by atoms with Gasteiger partial charge < -0.3 is 14.3 Å². The van der Waals surface area contributed by atoms with Crippen molar-refractivity contribution in [3.63, 3.8) is 0 Å². The smallest absolute Gasteiger partial charge is 0.229 e. The number of nitrogens with zero attached hydrogens (tertiary/aromatic N) is 3. The quantitative estimate of drug-likeness (QED) is 0.345. The van der Waals surface area contributed by atoms with Crippen LogP contribution in [0.1, 0.15) is 20.8 Å². The van der Waals surface area contributed by atoms with Crippen molar-refractivity contribution in [1.29, 1.82) is 0 Å². The summed E-state index contributed by atoms with van der Waals surface area (Å²) >= 11 is 0. The third kappa shape index (κ3) is 4.35. The zero-order valence-corrected chi connectivity index (χ0v) is 21.1. The number of rotatable bonds is 5. The Balaban J connectivity index is 1.62. The molecule has 0 aliphatic rings. The predicted molar refractivity (Wildman–Crippen MR) is 140 cm³/mol. The molecule has 0 aliphatic heterocycles. The summed E-state index contributed by atoms with van der Waals surface area (Å²) in [5.41, 5.74) is 6.85. The molecule has 0 saturated carbocycles. The fourth-order valence-electron chi connectivity index (χ4n) is 4.28. The number of ether oxygens (including phenoxy) is 1. The Labute approximate surface area is 204 Å². The number of nitrogens with one attached hydrogen (secondary N) is 2. The molecule has 0 saturated heterocycles. The van der Waals surface area contributed by atoms with Gasteiger partial charge in [-0.25, -0.2) is 18.4 Å². The first-order valence-electron chi connectivity index (χ1n) is 11.1. The van der Waals surface area contributed by atoms with Gasteiger partial charge in [-0.3, -0.25) is 4.72 Å². The number of benzene rings is 2. The van der Waals surface area contributed by atoms with Gasteiger partial charge in [-0.2, -0.15) is 0 Å². The van der Waals surface area contributed by atoms with Gasteiger partial charge in [0.05, 0.1) is 36.4 Å². The number of aromatic amines is 1. The standard InChI is InChI=1S/C26H27N5O3S/c1-26(2,3)31-15-29-21-8-6-17(12-23(21)31)20-14-28-25-19(20)10-18(13-27-25)16-7-9-24(34-4)22(11-16)30-35(5,32)33/h6-15,30H,1-5H3,(H,27,28). The Kier molecular flexibility index (Phi) is 5.32. The van der Waals surface area contributed by atoms with E-state index in [2.05, 4.69) is 63.2 Å². The van der Waals surface area contributed by atoms with E-state index in [1.165, 1.54) is 7.11 Å². The van der Waals surface area contributed by atoms with Gasteiger partial charge in [-0.1, -0.05) is 12.1 Å². The van der Waals surface area contributed by atoms with Crippen LogP contribution in [0, 0.1) is 0 Å². The lowest BCUT2D eigenvalue weighted by molar-refractivity contribution is 0.408. The summed E-state index contributed by atoms with van der Waals surface area (Å²) in [5.74, 6) is 0.444. The number of aromatic nitrogens is 4. The van der Waals surface area contributed by atoms with Crippen LogP contribution in [0.25, 0.3) is 44.3 Å². The normalized spacial score (nSPS) is 12.4. The van der Waals surface area contributed by atoms with Crippen molar-refractivity contribution in [3.05, 3.63) is 61.2 Å². The number of hydrogen-bond acceptors (Lipinski definition) is 5. The minimum Gasteiger partial charge on any atom is -0.495 e. The summed E-state index contributed by atoms with van der Waals surface area (Å²) < 4.78 is 33.7. The largest absolute Gasteiger partial charge is 0.495 e. The van der Waals surface area contributed by atoms with Crippen LogP contribution in [0.2, 0.25) is 0 Å². The van der Waals surface area contributed by atoms with E-state index in [0.717, 1.165) is 50.6 Å². The molecule has 9 heteroatoms. The van der Waals surface area contributed by atoms with E-state index in [1.54, 1.807) is 18.3 Å². The molecule has 35 heavy (non-hydrogen) atoms. The molecule has 3 heterocycles. The highest BCUT2D eigenvalue weighted by atomic mass is 32.2. The Bertz CT molecular complexity index is 1680. The van der Waals surface area contributed by atoms with Crippen molar-refractivity contribution in [3.8, 4) is 28.0 Å². The average Bonchev–Trinajstić information content (AvgIpc) is 3.41. The Morgan fingerprint density at radius 2 is 1.77 bits per heavy atom. The van der Waals surface area contributed by atoms with Gasteiger partial charge in [0.15, 0.2) is 0 Å². The van der Waals surface area contributed by atoms with E-state index in [4.69, 9.17) is 4.74 Å². The number of imidazole rings is 1. The first kappa shape index (κ1) is 22.9. The zero-order chi connectivity index (χ0) is 25.0. The van der Waals surface area contributed by atoms with Gasteiger partial charge in [0.2, 0.25) is 10.0 Å². The van der Waals surface area contributed by atoms with Crippen LogP contribution in [-0.2, 0) is 15.6 Å². The van der Waals surface area contributed by atoms with Crippen LogP contribution >= 0.6 is 0 Å². The number of anilines is 1. The third-order valence-corrected chi connectivity index (χ3v) is 6.53. The predicted octanol–water partition coefficient (Wildman–Crippen LogP) is 5.38. The van der Waals surface area contributed by atoms with Gasteiger partial charge in [0.25, 0.3) is 0 Å². The second-order valence-electron chi connectivity index (χ2n) is 9.60. The molecule has 5 rings (SSSR count). The lowest BCUT2D eigenvalue weighted by Crippen LogP contribution is -2.20. The molecule has 0 unspecified atom stereocenters. The molecule has 0 bridgehead atoms. The van der Waals surface area contributed by atoms with E-state index in [9.17, 15) is 8.42 Å². The van der Waals surface area contributed by atoms with Crippen molar-refractivity contribution in [2.75, 3.05) is 18.1 Å². The van der Waals surface area contributed by atoms with E-state index < -0.39 is 10.0 Å². The lowest BCUT2D eigenvalue weighted by atomic mass is 10.0. The molecule has 0 amide bonds. The van der Waals surface area contributed by atoms with Crippen molar-refractivity contribution < 1.29 is 13.2 Å². The van der Waals surface area contributed by atoms with Gasteiger partial charge >= 0.3 is 0 Å². The summed E-state index contributed by atoms with van der Waals surface area (Å²) in [6.45, 7) is 6.47. The van der Waals surface area contributed by atoms with Crippen molar-refractivity contribution in [1.82, 2.24) is 19.5 Å². The first-order chi connectivity index (χ1) is 16.5. The SMILES string of the molecule is COc1ccc(-c2cnc3[nH]cc(-c4ccc5ncn(C(C)(C)C)c5c4)c3c2)cc1NS(C)(=O)=O. The fraction of sp³-hybridized carbons (Fsp3) is 0.231. The number of methoxy groups -OCH3 is 1. The summed E-state index contributed by atoms with van der Waals surface area (Å²) in [4.78, 5) is 12.4. The lowest BCUT2D eigenvalue weighted by Gasteiger charge is -2.21. The van der Waals surface area contributed by atoms with Gasteiger partial charge in [0, 0.05) is 34.4 Å². The van der Waals surface area contributed by atoms with Crippen LogP contribution < -0.4 is 9.46 Å². The summed E-state index contributed by atoms with van der Waals surface area (Å²) in [6, 6.07) is 13.7. The monoisotopic (exact) mass is 489 g/mol. The molecule has 0 spiro atoms. The van der Waals surface area contributed by atoms with Gasteiger partial charge in [0.1, 0.15) is 11.4 Å². The Morgan fingerprint density at radius 3 is 2.49 bits per heavy atom. The maximum Gasteiger partial charge on any atom is 0.229 e. The zero-order valence-electron chi connectivity index (χ0n) is 20.2. The summed E-state index contributed by atoms with van der Waals surface area (Å²) in [7, 11) is -1.96. The van der Waals surface area contributed by atoms with Gasteiger partial charge in [-0.05, 0) is 62.2 Å².